The highest BCUT2D eigenvalue weighted by Gasteiger charge is 2.15. The molecule has 30 heavy (non-hydrogen) atoms. The zero-order chi connectivity index (χ0) is 21.3. The third-order valence-electron chi connectivity index (χ3n) is 6.22. The lowest BCUT2D eigenvalue weighted by atomic mass is 9.91. The van der Waals surface area contributed by atoms with Gasteiger partial charge in [-0.3, -0.25) is 4.79 Å². The second kappa shape index (κ2) is 16.2. The van der Waals surface area contributed by atoms with Gasteiger partial charge in [-0.1, -0.05) is 82.6 Å². The highest BCUT2D eigenvalue weighted by atomic mass is 16.5. The fourth-order valence-electron chi connectivity index (χ4n) is 4.36. The Hall–Kier alpha value is -1.57. The number of hydrogen-bond acceptors (Lipinski definition) is 2. The first kappa shape index (κ1) is 24.7. The third kappa shape index (κ3) is 10.5. The number of carbonyl (C=O) groups excluding carboxylic acids is 1. The lowest BCUT2D eigenvalue weighted by Crippen LogP contribution is -2.11. The molecule has 0 aliphatic heterocycles. The first-order valence-corrected chi connectivity index (χ1v) is 12.8. The number of carbonyl (C=O) groups is 1. The lowest BCUT2D eigenvalue weighted by molar-refractivity contribution is -0.134. The first-order valence-electron chi connectivity index (χ1n) is 12.8. The lowest BCUT2D eigenvalue weighted by Gasteiger charge is -2.18. The molecular formula is C28H44O2. The molecule has 2 heteroatoms. The summed E-state index contributed by atoms with van der Waals surface area (Å²) in [5.74, 6) is 0.747. The Morgan fingerprint density at radius 1 is 0.833 bits per heavy atom. The molecule has 0 radical (unpaired) electrons. The van der Waals surface area contributed by atoms with Crippen LogP contribution in [0.25, 0.3) is 0 Å². The molecule has 0 amide bonds. The van der Waals surface area contributed by atoms with Crippen LogP contribution in [-0.4, -0.2) is 5.97 Å². The van der Waals surface area contributed by atoms with Crippen LogP contribution in [0.3, 0.4) is 0 Å². The molecule has 0 bridgehead atoms. The number of benzene rings is 1. The van der Waals surface area contributed by atoms with Gasteiger partial charge < -0.3 is 4.74 Å². The molecule has 0 spiro atoms. The van der Waals surface area contributed by atoms with Crippen molar-refractivity contribution in [2.75, 3.05) is 0 Å². The van der Waals surface area contributed by atoms with E-state index in [1.807, 2.05) is 12.1 Å². The van der Waals surface area contributed by atoms with Crippen LogP contribution < -0.4 is 4.74 Å². The minimum Gasteiger partial charge on any atom is -0.426 e. The smallest absolute Gasteiger partial charge is 0.311 e. The number of aryl methyl sites for hydroxylation is 1. The van der Waals surface area contributed by atoms with Gasteiger partial charge in [0.2, 0.25) is 0 Å². The van der Waals surface area contributed by atoms with E-state index in [1.54, 1.807) is 0 Å². The molecule has 168 valence electrons. The molecule has 0 saturated carbocycles. The Bertz CT molecular complexity index is 617. The molecule has 0 unspecified atom stereocenters. The second-order valence-electron chi connectivity index (χ2n) is 8.91. The van der Waals surface area contributed by atoms with E-state index in [0.29, 0.717) is 6.42 Å². The van der Waals surface area contributed by atoms with Gasteiger partial charge in [0.25, 0.3) is 0 Å². The van der Waals surface area contributed by atoms with Crippen LogP contribution >= 0.6 is 0 Å². The normalized spacial score (nSPS) is 13.5. The van der Waals surface area contributed by atoms with E-state index in [4.69, 9.17) is 4.74 Å². The van der Waals surface area contributed by atoms with Crippen molar-refractivity contribution in [2.45, 2.75) is 122 Å². The molecule has 0 atom stereocenters. The highest BCUT2D eigenvalue weighted by Crippen LogP contribution is 2.29. The maximum absolute atomic E-state index is 12.2. The minimum atomic E-state index is -0.0633. The van der Waals surface area contributed by atoms with Gasteiger partial charge in [-0.25, -0.2) is 0 Å². The average Bonchev–Trinajstić information content (AvgIpc) is 2.76. The molecule has 1 aliphatic rings. The Labute approximate surface area is 185 Å². The summed E-state index contributed by atoms with van der Waals surface area (Å²) in [5.41, 5.74) is 2.63. The van der Waals surface area contributed by atoms with E-state index >= 15 is 0 Å². The maximum Gasteiger partial charge on any atom is 0.311 e. The van der Waals surface area contributed by atoms with Crippen molar-refractivity contribution < 1.29 is 9.53 Å². The molecule has 2 rings (SSSR count). The quantitative estimate of drug-likeness (QED) is 0.118. The Morgan fingerprint density at radius 2 is 1.47 bits per heavy atom. The molecule has 1 aromatic rings. The number of fused-ring (bicyclic) bond motifs is 1. The molecule has 0 heterocycles. The summed E-state index contributed by atoms with van der Waals surface area (Å²) in [4.78, 5) is 12.2. The number of hydrogen-bond donors (Lipinski definition) is 0. The SMILES string of the molecule is CCCCCCCC/C=C\CCCCCCCC(=O)Oc1cccc2c1CCCC2. The summed E-state index contributed by atoms with van der Waals surface area (Å²) < 4.78 is 5.68. The number of allylic oxidation sites excluding steroid dienone is 2. The van der Waals surface area contributed by atoms with Gasteiger partial charge in [-0.05, 0) is 75.0 Å². The Balaban J connectivity index is 1.43. The molecule has 1 aromatic carbocycles. The molecular weight excluding hydrogens is 368 g/mol. The van der Waals surface area contributed by atoms with E-state index in [-0.39, 0.29) is 5.97 Å². The van der Waals surface area contributed by atoms with Crippen LogP contribution in [-0.2, 0) is 17.6 Å². The summed E-state index contributed by atoms with van der Waals surface area (Å²) in [7, 11) is 0. The summed E-state index contributed by atoms with van der Waals surface area (Å²) in [6.45, 7) is 2.27. The largest absolute Gasteiger partial charge is 0.426 e. The van der Waals surface area contributed by atoms with Gasteiger partial charge in [0.1, 0.15) is 5.75 Å². The molecule has 1 aliphatic carbocycles. The van der Waals surface area contributed by atoms with E-state index < -0.39 is 0 Å². The summed E-state index contributed by atoms with van der Waals surface area (Å²) in [6, 6.07) is 6.16. The van der Waals surface area contributed by atoms with Crippen LogP contribution in [0.2, 0.25) is 0 Å². The average molecular weight is 413 g/mol. The second-order valence-corrected chi connectivity index (χ2v) is 8.91. The minimum absolute atomic E-state index is 0.0633. The number of esters is 1. The van der Waals surface area contributed by atoms with Crippen molar-refractivity contribution in [1.82, 2.24) is 0 Å². The van der Waals surface area contributed by atoms with E-state index in [2.05, 4.69) is 25.1 Å². The Morgan fingerprint density at radius 3 is 2.20 bits per heavy atom. The van der Waals surface area contributed by atoms with Gasteiger partial charge in [-0.2, -0.15) is 0 Å². The summed E-state index contributed by atoms with van der Waals surface area (Å²) in [6.07, 6.45) is 26.5. The molecule has 2 nitrogen and oxygen atoms in total. The zero-order valence-electron chi connectivity index (χ0n) is 19.4. The van der Waals surface area contributed by atoms with Gasteiger partial charge >= 0.3 is 5.97 Å². The Kier molecular flexibility index (Phi) is 13.3. The van der Waals surface area contributed by atoms with Gasteiger partial charge in [-0.15, -0.1) is 0 Å². The van der Waals surface area contributed by atoms with Crippen LogP contribution in [0.5, 0.6) is 5.75 Å². The van der Waals surface area contributed by atoms with Crippen LogP contribution in [0.4, 0.5) is 0 Å². The van der Waals surface area contributed by atoms with Crippen molar-refractivity contribution in [3.8, 4) is 5.75 Å². The number of unbranched alkanes of at least 4 members (excludes halogenated alkanes) is 11. The van der Waals surface area contributed by atoms with Crippen molar-refractivity contribution in [2.24, 2.45) is 0 Å². The predicted molar refractivity (Wildman–Crippen MR) is 128 cm³/mol. The van der Waals surface area contributed by atoms with E-state index in [9.17, 15) is 4.79 Å². The van der Waals surface area contributed by atoms with Crippen LogP contribution in [0.1, 0.15) is 121 Å². The van der Waals surface area contributed by atoms with Crippen LogP contribution in [0.15, 0.2) is 30.4 Å². The molecule has 0 N–H and O–H groups in total. The molecule has 0 saturated heterocycles. The fourth-order valence-corrected chi connectivity index (χ4v) is 4.36. The van der Waals surface area contributed by atoms with Crippen molar-refractivity contribution in [3.05, 3.63) is 41.5 Å². The van der Waals surface area contributed by atoms with Crippen molar-refractivity contribution in [1.29, 1.82) is 0 Å². The van der Waals surface area contributed by atoms with Crippen molar-refractivity contribution in [3.63, 3.8) is 0 Å². The van der Waals surface area contributed by atoms with Gasteiger partial charge in [0, 0.05) is 6.42 Å². The highest BCUT2D eigenvalue weighted by molar-refractivity contribution is 5.73. The van der Waals surface area contributed by atoms with Crippen molar-refractivity contribution >= 4 is 5.97 Å². The van der Waals surface area contributed by atoms with Crippen LogP contribution in [0, 0.1) is 0 Å². The fraction of sp³-hybridized carbons (Fsp3) is 0.679. The molecule has 0 aromatic heterocycles. The topological polar surface area (TPSA) is 26.3 Å². The monoisotopic (exact) mass is 412 g/mol. The van der Waals surface area contributed by atoms with Gasteiger partial charge in [0.05, 0.1) is 0 Å². The zero-order valence-corrected chi connectivity index (χ0v) is 19.4. The molecule has 0 fully saturated rings. The van der Waals surface area contributed by atoms with E-state index in [0.717, 1.165) is 31.4 Å². The van der Waals surface area contributed by atoms with Gasteiger partial charge in [0.15, 0.2) is 0 Å². The van der Waals surface area contributed by atoms with E-state index in [1.165, 1.54) is 94.6 Å². The third-order valence-corrected chi connectivity index (χ3v) is 6.22. The first-order chi connectivity index (χ1) is 14.8. The number of rotatable bonds is 16. The summed E-state index contributed by atoms with van der Waals surface area (Å²) >= 11 is 0. The maximum atomic E-state index is 12.2. The number of ether oxygens (including phenoxy) is 1. The predicted octanol–water partition coefficient (Wildman–Crippen LogP) is 8.51. The standard InChI is InChI=1S/C28H44O2/c1-2-3-4-5-6-7-8-9-10-11-12-13-14-15-16-24-28(29)30-27-23-19-21-25-20-17-18-22-26(25)27/h9-10,19,21,23H,2-8,11-18,20,22,24H2,1H3/b10-9-. The summed E-state index contributed by atoms with van der Waals surface area (Å²) in [5, 5.41) is 0.